The molecule has 3 fully saturated rings. The lowest BCUT2D eigenvalue weighted by molar-refractivity contribution is -0.00737. The lowest BCUT2D eigenvalue weighted by atomic mass is 9.86. The van der Waals surface area contributed by atoms with Gasteiger partial charge in [-0.15, -0.1) is 0 Å². The van der Waals surface area contributed by atoms with Crippen LogP contribution in [-0.4, -0.2) is 59.8 Å². The highest BCUT2D eigenvalue weighted by Gasteiger charge is 2.44. The van der Waals surface area contributed by atoms with E-state index < -0.39 is 0 Å². The van der Waals surface area contributed by atoms with Crippen molar-refractivity contribution in [3.8, 4) is 0 Å². The van der Waals surface area contributed by atoms with E-state index in [1.165, 1.54) is 38.6 Å². The quantitative estimate of drug-likeness (QED) is 0.850. The predicted molar refractivity (Wildman–Crippen MR) is 85.9 cm³/mol. The molecule has 3 aliphatic rings. The lowest BCUT2D eigenvalue weighted by Crippen LogP contribution is -2.48. The maximum atomic E-state index is 6.33. The number of piperidine rings is 1. The summed E-state index contributed by atoms with van der Waals surface area (Å²) in [6.07, 6.45) is 11.7. The molecule has 1 spiro atoms. The summed E-state index contributed by atoms with van der Waals surface area (Å²) in [6.45, 7) is 4.15. The fourth-order valence-corrected chi connectivity index (χ4v) is 4.16. The van der Waals surface area contributed by atoms with Gasteiger partial charge >= 0.3 is 0 Å². The van der Waals surface area contributed by atoms with E-state index in [1.54, 1.807) is 12.4 Å². The van der Waals surface area contributed by atoms with Crippen LogP contribution in [0, 0.1) is 5.92 Å². The molecule has 5 nitrogen and oxygen atoms in total. The third-order valence-electron chi connectivity index (χ3n) is 5.42. The highest BCUT2D eigenvalue weighted by atomic mass is 16.5. The first-order chi connectivity index (χ1) is 10.7. The monoisotopic (exact) mass is 302 g/mol. The molecule has 0 bridgehead atoms. The Morgan fingerprint density at radius 1 is 1.41 bits per heavy atom. The molecule has 0 aromatic carbocycles. The van der Waals surface area contributed by atoms with Gasteiger partial charge in [0.1, 0.15) is 5.82 Å². The Bertz CT molecular complexity index is 507. The van der Waals surface area contributed by atoms with Gasteiger partial charge in [-0.25, -0.2) is 4.98 Å². The number of anilines is 1. The normalized spacial score (nSPS) is 32.1. The number of hydrogen-bond donors (Lipinski definition) is 0. The van der Waals surface area contributed by atoms with E-state index in [9.17, 15) is 0 Å². The first-order valence-corrected chi connectivity index (χ1v) is 8.59. The smallest absolute Gasteiger partial charge is 0.147 e. The number of aromatic nitrogens is 2. The van der Waals surface area contributed by atoms with Gasteiger partial charge in [0.15, 0.2) is 0 Å². The molecule has 1 saturated carbocycles. The summed E-state index contributed by atoms with van der Waals surface area (Å²) in [5, 5.41) is 0. The molecule has 2 saturated heterocycles. The Balaban J connectivity index is 1.39. The fraction of sp³-hybridized carbons (Fsp3) is 0.765. The molecule has 3 heterocycles. The highest BCUT2D eigenvalue weighted by molar-refractivity contribution is 5.36. The van der Waals surface area contributed by atoms with Gasteiger partial charge < -0.3 is 14.5 Å². The van der Waals surface area contributed by atoms with Crippen LogP contribution in [0.5, 0.6) is 0 Å². The minimum atomic E-state index is 0.0465. The maximum Gasteiger partial charge on any atom is 0.147 e. The van der Waals surface area contributed by atoms with Gasteiger partial charge in [-0.05, 0) is 45.1 Å². The van der Waals surface area contributed by atoms with E-state index in [2.05, 4.69) is 26.8 Å². The van der Waals surface area contributed by atoms with Gasteiger partial charge in [0.05, 0.1) is 18.4 Å². The Labute approximate surface area is 132 Å². The third-order valence-corrected chi connectivity index (χ3v) is 5.42. The zero-order valence-electron chi connectivity index (χ0n) is 13.4. The van der Waals surface area contributed by atoms with Crippen molar-refractivity contribution < 1.29 is 4.74 Å². The molecule has 0 N–H and O–H groups in total. The van der Waals surface area contributed by atoms with E-state index in [0.29, 0.717) is 5.92 Å². The summed E-state index contributed by atoms with van der Waals surface area (Å²) in [4.78, 5) is 13.5. The molecular formula is C17H26N4O. The van der Waals surface area contributed by atoms with Crippen molar-refractivity contribution in [3.63, 3.8) is 0 Å². The third kappa shape index (κ3) is 2.97. The van der Waals surface area contributed by atoms with Gasteiger partial charge in [0, 0.05) is 38.1 Å². The number of hydrogen-bond acceptors (Lipinski definition) is 5. The molecule has 22 heavy (non-hydrogen) atoms. The SMILES string of the molecule is CN(C[C@@H]1CO[C@@]2(CCCN(c3cnccn3)C2)C1)C1CC1. The van der Waals surface area contributed by atoms with E-state index in [-0.39, 0.29) is 5.60 Å². The van der Waals surface area contributed by atoms with E-state index in [0.717, 1.165) is 31.6 Å². The first kappa shape index (κ1) is 14.4. The van der Waals surface area contributed by atoms with Gasteiger partial charge in [0.25, 0.3) is 0 Å². The molecule has 2 atom stereocenters. The molecule has 0 radical (unpaired) electrons. The summed E-state index contributed by atoms with van der Waals surface area (Å²) in [5.74, 6) is 1.68. The minimum Gasteiger partial charge on any atom is -0.373 e. The van der Waals surface area contributed by atoms with Crippen LogP contribution < -0.4 is 4.90 Å². The number of nitrogens with zero attached hydrogens (tertiary/aromatic N) is 4. The topological polar surface area (TPSA) is 41.5 Å². The average Bonchev–Trinajstić information content (AvgIpc) is 3.34. The first-order valence-electron chi connectivity index (χ1n) is 8.59. The molecular weight excluding hydrogens is 276 g/mol. The van der Waals surface area contributed by atoms with E-state index in [4.69, 9.17) is 4.74 Å². The van der Waals surface area contributed by atoms with Gasteiger partial charge in [-0.1, -0.05) is 0 Å². The zero-order valence-corrected chi connectivity index (χ0v) is 13.4. The summed E-state index contributed by atoms with van der Waals surface area (Å²) >= 11 is 0. The maximum absolute atomic E-state index is 6.33. The number of ether oxygens (including phenoxy) is 1. The second-order valence-electron chi connectivity index (χ2n) is 7.32. The fourth-order valence-electron chi connectivity index (χ4n) is 4.16. The summed E-state index contributed by atoms with van der Waals surface area (Å²) in [6, 6.07) is 0.846. The Morgan fingerprint density at radius 3 is 3.09 bits per heavy atom. The number of rotatable bonds is 4. The van der Waals surface area contributed by atoms with Crippen LogP contribution >= 0.6 is 0 Å². The summed E-state index contributed by atoms with van der Waals surface area (Å²) in [5.41, 5.74) is 0.0465. The molecule has 4 rings (SSSR count). The van der Waals surface area contributed by atoms with E-state index >= 15 is 0 Å². The van der Waals surface area contributed by atoms with Crippen LogP contribution in [0.25, 0.3) is 0 Å². The van der Waals surface area contributed by atoms with Crippen LogP contribution in [-0.2, 0) is 4.74 Å². The molecule has 1 aliphatic carbocycles. The van der Waals surface area contributed by atoms with Crippen LogP contribution in [0.1, 0.15) is 32.1 Å². The molecule has 1 aromatic rings. The largest absolute Gasteiger partial charge is 0.373 e. The van der Waals surface area contributed by atoms with E-state index in [1.807, 2.05) is 6.20 Å². The van der Waals surface area contributed by atoms with Crippen molar-refractivity contribution in [1.82, 2.24) is 14.9 Å². The van der Waals surface area contributed by atoms with Crippen molar-refractivity contribution in [2.24, 2.45) is 5.92 Å². The minimum absolute atomic E-state index is 0.0465. The van der Waals surface area contributed by atoms with Crippen LogP contribution in [0.4, 0.5) is 5.82 Å². The van der Waals surface area contributed by atoms with Crippen molar-refractivity contribution in [2.75, 3.05) is 38.2 Å². The van der Waals surface area contributed by atoms with Crippen LogP contribution in [0.2, 0.25) is 0 Å². The van der Waals surface area contributed by atoms with Gasteiger partial charge in [0.2, 0.25) is 0 Å². The molecule has 0 amide bonds. The second kappa shape index (κ2) is 5.78. The van der Waals surface area contributed by atoms with Gasteiger partial charge in [-0.2, -0.15) is 0 Å². The molecule has 5 heteroatoms. The summed E-state index contributed by atoms with van der Waals surface area (Å²) in [7, 11) is 2.27. The Kier molecular flexibility index (Phi) is 3.78. The van der Waals surface area contributed by atoms with Crippen molar-refractivity contribution in [1.29, 1.82) is 0 Å². The van der Waals surface area contributed by atoms with Crippen LogP contribution in [0.3, 0.4) is 0 Å². The summed E-state index contributed by atoms with van der Waals surface area (Å²) < 4.78 is 6.33. The average molecular weight is 302 g/mol. The highest BCUT2D eigenvalue weighted by Crippen LogP contribution is 2.39. The van der Waals surface area contributed by atoms with Crippen molar-refractivity contribution in [2.45, 2.75) is 43.7 Å². The van der Waals surface area contributed by atoms with Crippen LogP contribution in [0.15, 0.2) is 18.6 Å². The Morgan fingerprint density at radius 2 is 2.32 bits per heavy atom. The van der Waals surface area contributed by atoms with Crippen molar-refractivity contribution >= 4 is 5.82 Å². The molecule has 0 unspecified atom stereocenters. The molecule has 2 aliphatic heterocycles. The van der Waals surface area contributed by atoms with Gasteiger partial charge in [-0.3, -0.25) is 4.98 Å². The second-order valence-corrected chi connectivity index (χ2v) is 7.32. The molecule has 120 valence electrons. The zero-order chi connectivity index (χ0) is 15.0. The lowest BCUT2D eigenvalue weighted by Gasteiger charge is -2.40. The van der Waals surface area contributed by atoms with Crippen molar-refractivity contribution in [3.05, 3.63) is 18.6 Å². The predicted octanol–water partition coefficient (Wildman–Crippen LogP) is 1.95. The standard InChI is InChI=1S/C17H26N4O/c1-20(15-3-4-15)11-14-9-17(22-12-14)5-2-8-21(13-17)16-10-18-6-7-19-16/h6-7,10,14-15H,2-5,8-9,11-13H2,1H3/t14-,17+/m1/s1. The Hall–Kier alpha value is -1.20. The molecule has 1 aromatic heterocycles.